The minimum absolute atomic E-state index is 0.0397. The van der Waals surface area contributed by atoms with E-state index in [4.69, 9.17) is 10.5 Å². The highest BCUT2D eigenvalue weighted by Gasteiger charge is 2.12. The topological polar surface area (TPSA) is 52.3 Å². The summed E-state index contributed by atoms with van der Waals surface area (Å²) in [6, 6.07) is 11.4. The van der Waals surface area contributed by atoms with Crippen LogP contribution in [0.25, 0.3) is 0 Å². The normalized spacial score (nSPS) is 10.4. The summed E-state index contributed by atoms with van der Waals surface area (Å²) in [5.41, 5.74) is 10.4. The Bertz CT molecular complexity index is 662. The Hall–Kier alpha value is -2.29. The summed E-state index contributed by atoms with van der Waals surface area (Å²) < 4.78 is 5.85. The van der Waals surface area contributed by atoms with Crippen LogP contribution in [0.2, 0.25) is 0 Å². The second kappa shape index (κ2) is 6.44. The van der Waals surface area contributed by atoms with Crippen LogP contribution < -0.4 is 10.5 Å². The van der Waals surface area contributed by atoms with Crippen LogP contribution in [-0.2, 0) is 6.61 Å². The molecule has 0 unspecified atom stereocenters. The van der Waals surface area contributed by atoms with Crippen LogP contribution in [0.4, 0.5) is 5.69 Å². The number of carbonyl (C=O) groups is 1. The number of ketones is 1. The maximum Gasteiger partial charge on any atom is 0.166 e. The van der Waals surface area contributed by atoms with Crippen molar-refractivity contribution in [1.29, 1.82) is 0 Å². The van der Waals surface area contributed by atoms with Crippen molar-refractivity contribution < 1.29 is 9.53 Å². The summed E-state index contributed by atoms with van der Waals surface area (Å²) in [6.45, 7) is 6.40. The molecule has 2 N–H and O–H groups in total. The average Bonchev–Trinajstić information content (AvgIpc) is 2.46. The SMILES string of the molecule is CCC(=O)c1cc(N)ccc1OCc1ccc(C)cc1C. The summed E-state index contributed by atoms with van der Waals surface area (Å²) in [7, 11) is 0. The molecule has 0 heterocycles. The van der Waals surface area contributed by atoms with Crippen molar-refractivity contribution in [3.05, 3.63) is 58.7 Å². The molecule has 0 aliphatic rings. The molecular formula is C18H21NO2. The molecule has 0 aliphatic heterocycles. The summed E-state index contributed by atoms with van der Waals surface area (Å²) in [6.07, 6.45) is 0.434. The molecule has 0 radical (unpaired) electrons. The zero-order chi connectivity index (χ0) is 15.4. The highest BCUT2D eigenvalue weighted by Crippen LogP contribution is 2.24. The van der Waals surface area contributed by atoms with Crippen molar-refractivity contribution >= 4 is 11.5 Å². The lowest BCUT2D eigenvalue weighted by Gasteiger charge is -2.13. The zero-order valence-corrected chi connectivity index (χ0v) is 12.8. The van der Waals surface area contributed by atoms with E-state index < -0.39 is 0 Å². The lowest BCUT2D eigenvalue weighted by Crippen LogP contribution is -2.05. The fourth-order valence-corrected chi connectivity index (χ4v) is 2.25. The molecule has 2 aromatic carbocycles. The fourth-order valence-electron chi connectivity index (χ4n) is 2.25. The van der Waals surface area contributed by atoms with E-state index in [-0.39, 0.29) is 5.78 Å². The van der Waals surface area contributed by atoms with Crippen LogP contribution in [0.1, 0.15) is 40.4 Å². The highest BCUT2D eigenvalue weighted by atomic mass is 16.5. The summed E-state index contributed by atoms with van der Waals surface area (Å²) in [5.74, 6) is 0.633. The highest BCUT2D eigenvalue weighted by molar-refractivity contribution is 5.99. The van der Waals surface area contributed by atoms with Gasteiger partial charge in [0.2, 0.25) is 0 Å². The largest absolute Gasteiger partial charge is 0.488 e. The monoisotopic (exact) mass is 283 g/mol. The van der Waals surface area contributed by atoms with Gasteiger partial charge in [0, 0.05) is 12.1 Å². The van der Waals surface area contributed by atoms with E-state index in [1.807, 2.05) is 6.92 Å². The van der Waals surface area contributed by atoms with E-state index in [9.17, 15) is 4.79 Å². The Morgan fingerprint density at radius 3 is 2.57 bits per heavy atom. The Kier molecular flexibility index (Phi) is 4.63. The van der Waals surface area contributed by atoms with E-state index in [1.54, 1.807) is 18.2 Å². The molecule has 2 rings (SSSR count). The lowest BCUT2D eigenvalue weighted by molar-refractivity contribution is 0.0984. The maximum absolute atomic E-state index is 12.0. The van der Waals surface area contributed by atoms with Gasteiger partial charge in [-0.2, -0.15) is 0 Å². The van der Waals surface area contributed by atoms with Crippen molar-refractivity contribution in [1.82, 2.24) is 0 Å². The van der Waals surface area contributed by atoms with E-state index >= 15 is 0 Å². The number of Topliss-reactive ketones (excluding diaryl/α,β-unsaturated/α-hetero) is 1. The molecule has 3 nitrogen and oxygen atoms in total. The van der Waals surface area contributed by atoms with Gasteiger partial charge >= 0.3 is 0 Å². The van der Waals surface area contributed by atoms with Crippen LogP contribution in [-0.4, -0.2) is 5.78 Å². The number of ether oxygens (including phenoxy) is 1. The predicted molar refractivity (Wildman–Crippen MR) is 85.7 cm³/mol. The van der Waals surface area contributed by atoms with Crippen molar-refractivity contribution in [2.24, 2.45) is 0 Å². The third-order valence-corrected chi connectivity index (χ3v) is 3.51. The summed E-state index contributed by atoms with van der Waals surface area (Å²) in [5, 5.41) is 0. The number of nitrogens with two attached hydrogens (primary N) is 1. The van der Waals surface area contributed by atoms with Gasteiger partial charge in [-0.15, -0.1) is 0 Å². The molecule has 21 heavy (non-hydrogen) atoms. The van der Waals surface area contributed by atoms with Crippen molar-refractivity contribution in [3.63, 3.8) is 0 Å². The fraction of sp³-hybridized carbons (Fsp3) is 0.278. The van der Waals surface area contributed by atoms with Gasteiger partial charge < -0.3 is 10.5 Å². The number of rotatable bonds is 5. The molecular weight excluding hydrogens is 262 g/mol. The summed E-state index contributed by atoms with van der Waals surface area (Å²) in [4.78, 5) is 12.0. The third-order valence-electron chi connectivity index (χ3n) is 3.51. The zero-order valence-electron chi connectivity index (χ0n) is 12.8. The second-order valence-corrected chi connectivity index (χ2v) is 5.25. The first-order valence-electron chi connectivity index (χ1n) is 7.13. The van der Waals surface area contributed by atoms with Gasteiger partial charge in [-0.1, -0.05) is 30.7 Å². The predicted octanol–water partition coefficient (Wildman–Crippen LogP) is 4.06. The van der Waals surface area contributed by atoms with Gasteiger partial charge in [-0.25, -0.2) is 0 Å². The number of carbonyl (C=O) groups excluding carboxylic acids is 1. The lowest BCUT2D eigenvalue weighted by atomic mass is 10.1. The van der Waals surface area contributed by atoms with Crippen LogP contribution in [0.5, 0.6) is 5.75 Å². The van der Waals surface area contributed by atoms with Gasteiger partial charge in [0.1, 0.15) is 12.4 Å². The van der Waals surface area contributed by atoms with Gasteiger partial charge in [0.25, 0.3) is 0 Å². The molecule has 0 amide bonds. The minimum Gasteiger partial charge on any atom is -0.488 e. The van der Waals surface area contributed by atoms with E-state index in [0.29, 0.717) is 30.0 Å². The molecule has 0 aromatic heterocycles. The van der Waals surface area contributed by atoms with E-state index in [2.05, 4.69) is 32.0 Å². The number of aryl methyl sites for hydroxylation is 2. The first kappa shape index (κ1) is 15.1. The van der Waals surface area contributed by atoms with E-state index in [1.165, 1.54) is 11.1 Å². The molecule has 0 spiro atoms. The second-order valence-electron chi connectivity index (χ2n) is 5.25. The Labute approximate surface area is 125 Å². The molecule has 0 bridgehead atoms. The van der Waals surface area contributed by atoms with Crippen LogP contribution in [0.3, 0.4) is 0 Å². The van der Waals surface area contributed by atoms with Crippen molar-refractivity contribution in [2.75, 3.05) is 5.73 Å². The van der Waals surface area contributed by atoms with Gasteiger partial charge in [0.15, 0.2) is 5.78 Å². The standard InChI is InChI=1S/C18H21NO2/c1-4-17(20)16-10-15(19)7-8-18(16)21-11-14-6-5-12(2)9-13(14)3/h5-10H,4,11,19H2,1-3H3. The first-order chi connectivity index (χ1) is 10.0. The van der Waals surface area contributed by atoms with Crippen molar-refractivity contribution in [2.45, 2.75) is 33.8 Å². The van der Waals surface area contributed by atoms with Crippen LogP contribution in [0, 0.1) is 13.8 Å². The first-order valence-corrected chi connectivity index (χ1v) is 7.13. The van der Waals surface area contributed by atoms with Gasteiger partial charge in [-0.05, 0) is 43.2 Å². The molecule has 0 fully saturated rings. The molecule has 0 aliphatic carbocycles. The quantitative estimate of drug-likeness (QED) is 0.665. The Morgan fingerprint density at radius 1 is 1.14 bits per heavy atom. The number of nitrogen functional groups attached to an aromatic ring is 1. The third kappa shape index (κ3) is 3.63. The molecule has 2 aromatic rings. The maximum atomic E-state index is 12.0. The number of hydrogen-bond donors (Lipinski definition) is 1. The van der Waals surface area contributed by atoms with E-state index in [0.717, 1.165) is 5.56 Å². The smallest absolute Gasteiger partial charge is 0.166 e. The minimum atomic E-state index is 0.0397. The molecule has 0 saturated heterocycles. The Morgan fingerprint density at radius 2 is 1.90 bits per heavy atom. The molecule has 0 atom stereocenters. The number of benzene rings is 2. The van der Waals surface area contributed by atoms with Crippen molar-refractivity contribution in [3.8, 4) is 5.75 Å². The Balaban J connectivity index is 2.21. The van der Waals surface area contributed by atoms with Crippen LogP contribution >= 0.6 is 0 Å². The number of anilines is 1. The van der Waals surface area contributed by atoms with Gasteiger partial charge in [-0.3, -0.25) is 4.79 Å². The number of hydrogen-bond acceptors (Lipinski definition) is 3. The van der Waals surface area contributed by atoms with Crippen LogP contribution in [0.15, 0.2) is 36.4 Å². The van der Waals surface area contributed by atoms with Gasteiger partial charge in [0.05, 0.1) is 5.56 Å². The summed E-state index contributed by atoms with van der Waals surface area (Å²) >= 11 is 0. The average molecular weight is 283 g/mol. The molecule has 3 heteroatoms. The molecule has 110 valence electrons. The molecule has 0 saturated carbocycles.